The summed E-state index contributed by atoms with van der Waals surface area (Å²) in [5.41, 5.74) is 1.11. The van der Waals surface area contributed by atoms with Crippen LogP contribution in [0, 0.1) is 0 Å². The predicted molar refractivity (Wildman–Crippen MR) is 91.5 cm³/mol. The highest BCUT2D eigenvalue weighted by Gasteiger charge is 2.37. The maximum atomic E-state index is 11.1. The summed E-state index contributed by atoms with van der Waals surface area (Å²) < 4.78 is 0. The summed E-state index contributed by atoms with van der Waals surface area (Å²) in [5, 5.41) is 35.8. The lowest BCUT2D eigenvalue weighted by molar-refractivity contribution is -0.122. The molecule has 6 nitrogen and oxygen atoms in total. The van der Waals surface area contributed by atoms with Crippen LogP contribution in [0.4, 0.5) is 0 Å². The van der Waals surface area contributed by atoms with Gasteiger partial charge in [0, 0.05) is 32.0 Å². The van der Waals surface area contributed by atoms with Crippen LogP contribution in [-0.2, 0) is 4.79 Å². The van der Waals surface area contributed by atoms with Crippen molar-refractivity contribution >= 4 is 5.91 Å². The molecule has 2 rings (SSSR count). The highest BCUT2D eigenvalue weighted by molar-refractivity contribution is 5.73. The smallest absolute Gasteiger partial charge is 0.217 e. The predicted octanol–water partition coefficient (Wildman–Crippen LogP) is 0.131. The molecule has 1 fully saturated rings. The fourth-order valence-electron chi connectivity index (χ4n) is 3.34. The molecule has 0 radical (unpaired) electrons. The zero-order valence-corrected chi connectivity index (χ0v) is 14.1. The van der Waals surface area contributed by atoms with Gasteiger partial charge in [-0.3, -0.25) is 4.79 Å². The van der Waals surface area contributed by atoms with Crippen LogP contribution in [0.2, 0.25) is 0 Å². The van der Waals surface area contributed by atoms with Gasteiger partial charge in [0.1, 0.15) is 6.10 Å². The molecular formula is C18H28N2O4. The Labute approximate surface area is 142 Å². The van der Waals surface area contributed by atoms with E-state index in [0.29, 0.717) is 13.0 Å². The highest BCUT2D eigenvalue weighted by Crippen LogP contribution is 2.23. The fourth-order valence-corrected chi connectivity index (χ4v) is 3.34. The first-order valence-corrected chi connectivity index (χ1v) is 8.55. The van der Waals surface area contributed by atoms with Crippen molar-refractivity contribution in [1.29, 1.82) is 0 Å². The lowest BCUT2D eigenvalue weighted by Crippen LogP contribution is -2.64. The molecule has 6 heteroatoms. The largest absolute Gasteiger partial charge is 0.396 e. The number of aliphatic hydroxyl groups excluding tert-OH is 3. The second-order valence-corrected chi connectivity index (χ2v) is 6.52. The summed E-state index contributed by atoms with van der Waals surface area (Å²) in [4.78, 5) is 11.1. The molecule has 5 atom stereocenters. The van der Waals surface area contributed by atoms with Crippen molar-refractivity contribution in [2.24, 2.45) is 0 Å². The molecule has 1 aliphatic heterocycles. The molecule has 5 N–H and O–H groups in total. The molecule has 1 heterocycles. The highest BCUT2D eigenvalue weighted by atomic mass is 16.3. The number of carbonyl (C=O) groups is 1. The van der Waals surface area contributed by atoms with E-state index in [0.717, 1.165) is 18.4 Å². The molecule has 24 heavy (non-hydrogen) atoms. The second-order valence-electron chi connectivity index (χ2n) is 6.52. The second kappa shape index (κ2) is 9.13. The SMILES string of the molecule is CC(=O)N[C@H]1CN[C@H](CCCC(CO)c2ccccc2)[C@@H](O)[C@@H]1O. The van der Waals surface area contributed by atoms with Gasteiger partial charge in [0.25, 0.3) is 0 Å². The van der Waals surface area contributed by atoms with Crippen LogP contribution >= 0.6 is 0 Å². The molecule has 1 aromatic carbocycles. The van der Waals surface area contributed by atoms with E-state index in [1.54, 1.807) is 0 Å². The number of benzene rings is 1. The Morgan fingerprint density at radius 2 is 2.00 bits per heavy atom. The van der Waals surface area contributed by atoms with Crippen molar-refractivity contribution in [3.8, 4) is 0 Å². The molecule has 1 amide bonds. The third-order valence-corrected chi connectivity index (χ3v) is 4.72. The minimum Gasteiger partial charge on any atom is -0.396 e. The first kappa shape index (κ1) is 18.9. The van der Waals surface area contributed by atoms with Crippen molar-refractivity contribution in [2.75, 3.05) is 13.2 Å². The zero-order valence-electron chi connectivity index (χ0n) is 14.1. The average Bonchev–Trinajstić information content (AvgIpc) is 2.58. The van der Waals surface area contributed by atoms with Crippen LogP contribution in [0.15, 0.2) is 30.3 Å². The van der Waals surface area contributed by atoms with Gasteiger partial charge < -0.3 is 26.0 Å². The lowest BCUT2D eigenvalue weighted by Gasteiger charge is -2.38. The molecule has 1 saturated heterocycles. The summed E-state index contributed by atoms with van der Waals surface area (Å²) in [5.74, 6) is -0.135. The molecule has 0 bridgehead atoms. The number of carbonyl (C=O) groups excluding carboxylic acids is 1. The van der Waals surface area contributed by atoms with Gasteiger partial charge >= 0.3 is 0 Å². The van der Waals surface area contributed by atoms with E-state index >= 15 is 0 Å². The number of hydrogen-bond acceptors (Lipinski definition) is 5. The summed E-state index contributed by atoms with van der Waals surface area (Å²) in [6.07, 6.45) is 0.458. The first-order chi connectivity index (χ1) is 11.5. The van der Waals surface area contributed by atoms with Crippen LogP contribution in [0.5, 0.6) is 0 Å². The minimum atomic E-state index is -0.970. The summed E-state index contributed by atoms with van der Waals surface area (Å²) in [7, 11) is 0. The Kier molecular flexibility index (Phi) is 7.17. The van der Waals surface area contributed by atoms with E-state index in [1.807, 2.05) is 30.3 Å². The van der Waals surface area contributed by atoms with Crippen molar-refractivity contribution in [3.63, 3.8) is 0 Å². The number of hydrogen-bond donors (Lipinski definition) is 5. The van der Waals surface area contributed by atoms with Gasteiger partial charge in [0.15, 0.2) is 0 Å². The van der Waals surface area contributed by atoms with Crippen LogP contribution in [0.25, 0.3) is 0 Å². The average molecular weight is 336 g/mol. The molecule has 1 aliphatic rings. The van der Waals surface area contributed by atoms with E-state index in [1.165, 1.54) is 6.92 Å². The lowest BCUT2D eigenvalue weighted by atomic mass is 9.88. The molecule has 0 aliphatic carbocycles. The number of piperidine rings is 1. The summed E-state index contributed by atoms with van der Waals surface area (Å²) >= 11 is 0. The van der Waals surface area contributed by atoms with Crippen LogP contribution in [-0.4, -0.2) is 58.7 Å². The van der Waals surface area contributed by atoms with Crippen LogP contribution in [0.1, 0.15) is 37.7 Å². The Balaban J connectivity index is 1.81. The topological polar surface area (TPSA) is 102 Å². The number of rotatable bonds is 7. The zero-order chi connectivity index (χ0) is 17.5. The van der Waals surface area contributed by atoms with Crippen LogP contribution in [0.3, 0.4) is 0 Å². The third-order valence-electron chi connectivity index (χ3n) is 4.72. The number of amides is 1. The fraction of sp³-hybridized carbons (Fsp3) is 0.611. The summed E-state index contributed by atoms with van der Waals surface area (Å²) in [6.45, 7) is 1.92. The quantitative estimate of drug-likeness (QED) is 0.487. The molecule has 0 spiro atoms. The maximum absolute atomic E-state index is 11.1. The van der Waals surface area contributed by atoms with Gasteiger partial charge in [0.05, 0.1) is 12.1 Å². The minimum absolute atomic E-state index is 0.0870. The Bertz CT molecular complexity index is 511. The molecule has 134 valence electrons. The standard InChI is InChI=1S/C18H28N2O4/c1-12(22)20-16-10-19-15(17(23)18(16)24)9-5-8-14(11-21)13-6-3-2-4-7-13/h2-4,6-7,14-19,21,23-24H,5,8-11H2,1H3,(H,20,22)/t14?,15-,16+,17-,18-/m1/s1. The van der Waals surface area contributed by atoms with Crippen molar-refractivity contribution in [3.05, 3.63) is 35.9 Å². The first-order valence-electron chi connectivity index (χ1n) is 8.55. The van der Waals surface area contributed by atoms with E-state index < -0.39 is 18.2 Å². The van der Waals surface area contributed by atoms with Crippen molar-refractivity contribution in [2.45, 2.75) is 56.4 Å². The normalized spacial score (nSPS) is 28.3. The van der Waals surface area contributed by atoms with Crippen molar-refractivity contribution in [1.82, 2.24) is 10.6 Å². The monoisotopic (exact) mass is 336 g/mol. The van der Waals surface area contributed by atoms with Gasteiger partial charge in [-0.25, -0.2) is 0 Å². The van der Waals surface area contributed by atoms with E-state index in [2.05, 4.69) is 10.6 Å². The van der Waals surface area contributed by atoms with Crippen LogP contribution < -0.4 is 10.6 Å². The molecule has 1 aromatic rings. The number of nitrogens with one attached hydrogen (secondary N) is 2. The van der Waals surface area contributed by atoms with Gasteiger partial charge in [-0.2, -0.15) is 0 Å². The van der Waals surface area contributed by atoms with Crippen molar-refractivity contribution < 1.29 is 20.1 Å². The molecular weight excluding hydrogens is 308 g/mol. The van der Waals surface area contributed by atoms with Gasteiger partial charge in [-0.15, -0.1) is 0 Å². The third kappa shape index (κ3) is 5.01. The van der Waals surface area contributed by atoms with E-state index in [4.69, 9.17) is 0 Å². The van der Waals surface area contributed by atoms with Gasteiger partial charge in [0.2, 0.25) is 5.91 Å². The van der Waals surface area contributed by atoms with Gasteiger partial charge in [-0.05, 0) is 18.4 Å². The summed E-state index contributed by atoms with van der Waals surface area (Å²) in [6, 6.07) is 9.22. The molecule has 0 aromatic heterocycles. The Morgan fingerprint density at radius 1 is 1.29 bits per heavy atom. The van der Waals surface area contributed by atoms with Gasteiger partial charge in [-0.1, -0.05) is 36.8 Å². The van der Waals surface area contributed by atoms with E-state index in [9.17, 15) is 20.1 Å². The Morgan fingerprint density at radius 3 is 2.62 bits per heavy atom. The molecule has 0 saturated carbocycles. The molecule has 1 unspecified atom stereocenters. The Hall–Kier alpha value is -1.47. The van der Waals surface area contributed by atoms with E-state index in [-0.39, 0.29) is 24.5 Å². The maximum Gasteiger partial charge on any atom is 0.217 e. The number of aliphatic hydroxyl groups is 3.